The van der Waals surface area contributed by atoms with E-state index >= 15 is 0 Å². The minimum absolute atomic E-state index is 0.0306. The van der Waals surface area contributed by atoms with Crippen LogP contribution in [0.15, 0.2) is 48.2 Å². The first kappa shape index (κ1) is 17.4. The molecule has 0 aromatic heterocycles. The Morgan fingerprint density at radius 3 is 2.64 bits per heavy atom. The molecule has 1 aromatic rings. The summed E-state index contributed by atoms with van der Waals surface area (Å²) in [6.45, 7) is 6.44. The minimum atomic E-state index is -0.809. The van der Waals surface area contributed by atoms with Gasteiger partial charge in [0, 0.05) is 35.0 Å². The lowest BCUT2D eigenvalue weighted by molar-refractivity contribution is -0.419. The lowest BCUT2D eigenvalue weighted by Gasteiger charge is -2.29. The summed E-state index contributed by atoms with van der Waals surface area (Å²) in [4.78, 5) is 10.7. The van der Waals surface area contributed by atoms with E-state index < -0.39 is 17.1 Å². The maximum atomic E-state index is 11.1. The number of hydrogen-bond donors (Lipinski definition) is 2. The first-order valence-electron chi connectivity index (χ1n) is 8.24. The molecule has 132 valence electrons. The third-order valence-corrected chi connectivity index (χ3v) is 4.15. The van der Waals surface area contributed by atoms with Gasteiger partial charge in [0.15, 0.2) is 0 Å². The number of benzene rings is 1. The quantitative estimate of drug-likeness (QED) is 0.625. The second kappa shape index (κ2) is 6.46. The number of fused-ring (bicyclic) bond motifs is 2. The molecule has 0 amide bonds. The zero-order chi connectivity index (χ0) is 18.2. The van der Waals surface area contributed by atoms with Crippen molar-refractivity contribution in [1.29, 1.82) is 0 Å². The van der Waals surface area contributed by atoms with Gasteiger partial charge in [-0.05, 0) is 32.1 Å². The molecular formula is C19H22N2O4. The Morgan fingerprint density at radius 1 is 1.32 bits per heavy atom. The van der Waals surface area contributed by atoms with E-state index in [0.717, 1.165) is 16.0 Å². The average molecular weight is 342 g/mol. The van der Waals surface area contributed by atoms with Crippen molar-refractivity contribution in [2.24, 2.45) is 0 Å². The van der Waals surface area contributed by atoms with E-state index in [2.05, 4.69) is 5.32 Å². The maximum Gasteiger partial charge on any atom is 0.269 e. The van der Waals surface area contributed by atoms with Gasteiger partial charge in [0.25, 0.3) is 5.70 Å². The standard InChI is InChI=1S/C19H22N2O4/c1-19(2,3)20-11-16(22)18-14-7-5-4-6-13(14)15-10-12(21(23)24)8-9-17(15)25-18/h4-10,16-17,20,22H,11H2,1-3H3. The molecule has 25 heavy (non-hydrogen) atoms. The van der Waals surface area contributed by atoms with E-state index in [1.54, 1.807) is 12.2 Å². The van der Waals surface area contributed by atoms with Crippen molar-refractivity contribution in [2.45, 2.75) is 38.5 Å². The fourth-order valence-corrected chi connectivity index (χ4v) is 2.93. The summed E-state index contributed by atoms with van der Waals surface area (Å²) in [5.41, 5.74) is 0.647. The third-order valence-electron chi connectivity index (χ3n) is 4.15. The van der Waals surface area contributed by atoms with Gasteiger partial charge in [-0.1, -0.05) is 24.3 Å². The first-order chi connectivity index (χ1) is 11.8. The molecule has 2 atom stereocenters. The van der Waals surface area contributed by atoms with Crippen molar-refractivity contribution in [3.05, 3.63) is 68.7 Å². The molecular weight excluding hydrogens is 320 g/mol. The van der Waals surface area contributed by atoms with Gasteiger partial charge in [0.1, 0.15) is 18.0 Å². The normalized spacial score (nSPS) is 20.3. The molecule has 0 bridgehead atoms. The fraction of sp³-hybridized carbons (Fsp3) is 0.368. The average Bonchev–Trinajstić information content (AvgIpc) is 2.57. The molecule has 0 fully saturated rings. The van der Waals surface area contributed by atoms with Crippen LogP contribution in [0.5, 0.6) is 0 Å². The molecule has 1 heterocycles. The van der Waals surface area contributed by atoms with Crippen LogP contribution in [0.3, 0.4) is 0 Å². The number of aliphatic hydroxyl groups is 1. The van der Waals surface area contributed by atoms with Crippen LogP contribution < -0.4 is 15.8 Å². The molecule has 1 aromatic carbocycles. The maximum absolute atomic E-state index is 11.1. The van der Waals surface area contributed by atoms with Crippen LogP contribution >= 0.6 is 0 Å². The molecule has 2 aliphatic rings. The molecule has 2 N–H and O–H groups in total. The fourth-order valence-electron chi connectivity index (χ4n) is 2.93. The van der Waals surface area contributed by atoms with Gasteiger partial charge >= 0.3 is 0 Å². The van der Waals surface area contributed by atoms with Crippen molar-refractivity contribution >= 4 is 11.3 Å². The van der Waals surface area contributed by atoms with Crippen LogP contribution in [0, 0.1) is 10.1 Å². The SMILES string of the molecule is CC(C)(C)NCC(O)C1=c2ccccc2=C2C=C([N+](=O)[O-])C=CC2O1. The lowest BCUT2D eigenvalue weighted by atomic mass is 9.95. The number of rotatable bonds is 4. The lowest BCUT2D eigenvalue weighted by Crippen LogP contribution is -2.46. The number of nitrogens with one attached hydrogen (secondary N) is 1. The number of β-amino-alcohol motifs (C(OH)–C–C–N with tert-alkyl or cyclic N) is 1. The molecule has 6 nitrogen and oxygen atoms in total. The van der Waals surface area contributed by atoms with Gasteiger partial charge in [-0.3, -0.25) is 10.1 Å². The number of ether oxygens (including phenoxy) is 1. The highest BCUT2D eigenvalue weighted by molar-refractivity contribution is 5.70. The van der Waals surface area contributed by atoms with Crippen molar-refractivity contribution in [2.75, 3.05) is 6.54 Å². The molecule has 0 saturated heterocycles. The Balaban J connectivity index is 2.09. The Hall–Kier alpha value is -2.44. The first-order valence-corrected chi connectivity index (χ1v) is 8.24. The monoisotopic (exact) mass is 342 g/mol. The highest BCUT2D eigenvalue weighted by Gasteiger charge is 2.29. The van der Waals surface area contributed by atoms with Gasteiger partial charge in [-0.25, -0.2) is 0 Å². The molecule has 1 aliphatic carbocycles. The van der Waals surface area contributed by atoms with E-state index in [1.165, 1.54) is 6.08 Å². The second-order valence-corrected chi connectivity index (χ2v) is 7.24. The molecule has 0 saturated carbocycles. The Bertz CT molecular complexity index is 877. The largest absolute Gasteiger partial charge is 0.482 e. The van der Waals surface area contributed by atoms with Crippen LogP contribution in [-0.4, -0.2) is 34.3 Å². The number of allylic oxidation sites excluding steroid dienone is 1. The molecule has 3 rings (SSSR count). The summed E-state index contributed by atoms with van der Waals surface area (Å²) in [5, 5.41) is 26.6. The zero-order valence-corrected chi connectivity index (χ0v) is 14.5. The number of aliphatic hydroxyl groups excluding tert-OH is 1. The van der Waals surface area contributed by atoms with E-state index in [0.29, 0.717) is 12.3 Å². The van der Waals surface area contributed by atoms with Crippen LogP contribution in [-0.2, 0) is 4.74 Å². The predicted molar refractivity (Wildman–Crippen MR) is 95.4 cm³/mol. The summed E-state index contributed by atoms with van der Waals surface area (Å²) < 4.78 is 6.01. The predicted octanol–water partition coefficient (Wildman–Crippen LogP) is 0.824. The van der Waals surface area contributed by atoms with Crippen molar-refractivity contribution < 1.29 is 14.8 Å². The van der Waals surface area contributed by atoms with Gasteiger partial charge < -0.3 is 15.2 Å². The number of hydrogen-bond acceptors (Lipinski definition) is 5. The minimum Gasteiger partial charge on any atom is -0.482 e. The smallest absolute Gasteiger partial charge is 0.269 e. The van der Waals surface area contributed by atoms with Crippen molar-refractivity contribution in [1.82, 2.24) is 5.32 Å². The summed E-state index contributed by atoms with van der Waals surface area (Å²) in [7, 11) is 0. The summed E-state index contributed by atoms with van der Waals surface area (Å²) in [6.07, 6.45) is 3.40. The van der Waals surface area contributed by atoms with E-state index in [-0.39, 0.29) is 11.2 Å². The Kier molecular flexibility index (Phi) is 4.49. The second-order valence-electron chi connectivity index (χ2n) is 7.24. The number of nitro groups is 1. The number of nitrogens with zero attached hydrogens (tertiary/aromatic N) is 1. The highest BCUT2D eigenvalue weighted by atomic mass is 16.6. The third kappa shape index (κ3) is 3.65. The molecule has 0 spiro atoms. The van der Waals surface area contributed by atoms with Gasteiger partial charge in [-0.15, -0.1) is 0 Å². The van der Waals surface area contributed by atoms with Gasteiger partial charge in [-0.2, -0.15) is 0 Å². The molecule has 2 unspecified atom stereocenters. The van der Waals surface area contributed by atoms with Gasteiger partial charge in [0.2, 0.25) is 0 Å². The van der Waals surface area contributed by atoms with Crippen LogP contribution in [0.1, 0.15) is 20.8 Å². The molecule has 6 heteroatoms. The van der Waals surface area contributed by atoms with Crippen LogP contribution in [0.25, 0.3) is 11.3 Å². The highest BCUT2D eigenvalue weighted by Crippen LogP contribution is 2.25. The van der Waals surface area contributed by atoms with Crippen molar-refractivity contribution in [3.63, 3.8) is 0 Å². The molecule has 1 aliphatic heterocycles. The van der Waals surface area contributed by atoms with Crippen LogP contribution in [0.4, 0.5) is 0 Å². The van der Waals surface area contributed by atoms with E-state index in [9.17, 15) is 15.2 Å². The summed E-state index contributed by atoms with van der Waals surface area (Å²) in [6, 6.07) is 7.51. The zero-order valence-electron chi connectivity index (χ0n) is 14.5. The summed E-state index contributed by atoms with van der Waals surface area (Å²) in [5.74, 6) is 0.490. The van der Waals surface area contributed by atoms with Crippen molar-refractivity contribution in [3.8, 4) is 0 Å². The molecule has 0 radical (unpaired) electrons. The van der Waals surface area contributed by atoms with Gasteiger partial charge in [0.05, 0.1) is 4.92 Å². The van der Waals surface area contributed by atoms with E-state index in [4.69, 9.17) is 4.74 Å². The summed E-state index contributed by atoms with van der Waals surface area (Å²) >= 11 is 0. The topological polar surface area (TPSA) is 84.6 Å². The van der Waals surface area contributed by atoms with Crippen LogP contribution in [0.2, 0.25) is 0 Å². The Morgan fingerprint density at radius 2 is 2.00 bits per heavy atom. The Labute approximate surface area is 146 Å². The van der Waals surface area contributed by atoms with E-state index in [1.807, 2.05) is 45.0 Å².